The van der Waals surface area contributed by atoms with Gasteiger partial charge in [0.05, 0.1) is 0 Å². The number of hydrazine groups is 1. The van der Waals surface area contributed by atoms with Crippen LogP contribution in [0.5, 0.6) is 0 Å². The summed E-state index contributed by atoms with van der Waals surface area (Å²) in [6.45, 7) is 1.26. The first-order chi connectivity index (χ1) is 11.0. The Bertz CT molecular complexity index is 843. The third kappa shape index (κ3) is 2.42. The largest absolute Gasteiger partial charge is 0.443 e. The molecule has 23 heavy (non-hydrogen) atoms. The number of imide groups is 1. The highest BCUT2D eigenvalue weighted by atomic mass is 16.4. The summed E-state index contributed by atoms with van der Waals surface area (Å²) in [6, 6.07) is 4.71. The Kier molecular flexibility index (Phi) is 3.34. The maximum Gasteiger partial charge on any atom is 0.343 e. The quantitative estimate of drug-likeness (QED) is 0.797. The molecular weight excluding hydrogens is 302 g/mol. The van der Waals surface area contributed by atoms with Gasteiger partial charge in [0, 0.05) is 12.4 Å². The van der Waals surface area contributed by atoms with Gasteiger partial charge in [-0.1, -0.05) is 0 Å². The number of aromatic nitrogens is 1. The lowest BCUT2D eigenvalue weighted by atomic mass is 10.1. The molecule has 2 aromatic rings. The molecule has 2 aromatic heterocycles. The Labute approximate surface area is 130 Å². The zero-order chi connectivity index (χ0) is 16.6. The van der Waals surface area contributed by atoms with Gasteiger partial charge < -0.3 is 4.42 Å². The molecule has 3 heterocycles. The number of urea groups is 1. The van der Waals surface area contributed by atoms with Gasteiger partial charge in [0.25, 0.3) is 5.91 Å². The second kappa shape index (κ2) is 5.34. The fourth-order valence-electron chi connectivity index (χ4n) is 2.27. The van der Waals surface area contributed by atoms with E-state index in [1.807, 2.05) is 11.4 Å². The van der Waals surface area contributed by atoms with Crippen LogP contribution < -0.4 is 10.7 Å². The Balaban J connectivity index is 1.94. The van der Waals surface area contributed by atoms with Crippen molar-refractivity contribution in [2.75, 3.05) is 6.54 Å². The van der Waals surface area contributed by atoms with Crippen molar-refractivity contribution in [2.24, 2.45) is 0 Å². The SMILES string of the molecule is Cc1oc(-n2cccc2)c(C#N)c1C(=O)NN1CC(=O)NC1=O. The van der Waals surface area contributed by atoms with E-state index in [1.54, 1.807) is 29.1 Å². The van der Waals surface area contributed by atoms with Gasteiger partial charge in [-0.2, -0.15) is 5.26 Å². The van der Waals surface area contributed by atoms with Crippen LogP contribution in [0.25, 0.3) is 5.88 Å². The van der Waals surface area contributed by atoms with E-state index in [0.29, 0.717) is 0 Å². The number of furan rings is 1. The van der Waals surface area contributed by atoms with Crippen LogP contribution in [0.2, 0.25) is 0 Å². The molecule has 3 rings (SSSR count). The molecular formula is C14H11N5O4. The van der Waals surface area contributed by atoms with E-state index < -0.39 is 17.8 Å². The molecule has 0 spiro atoms. The van der Waals surface area contributed by atoms with Crippen LogP contribution in [0.1, 0.15) is 21.7 Å². The van der Waals surface area contributed by atoms with Crippen LogP contribution in [0.4, 0.5) is 4.79 Å². The molecule has 0 aliphatic carbocycles. The molecule has 9 heteroatoms. The molecule has 1 saturated heterocycles. The monoisotopic (exact) mass is 313 g/mol. The van der Waals surface area contributed by atoms with Crippen molar-refractivity contribution in [2.45, 2.75) is 6.92 Å². The summed E-state index contributed by atoms with van der Waals surface area (Å²) in [4.78, 5) is 35.0. The van der Waals surface area contributed by atoms with Crippen LogP contribution in [-0.2, 0) is 4.79 Å². The van der Waals surface area contributed by atoms with Crippen molar-refractivity contribution in [3.8, 4) is 12.0 Å². The molecule has 0 atom stereocenters. The number of nitrogens with one attached hydrogen (secondary N) is 2. The van der Waals surface area contributed by atoms with E-state index in [4.69, 9.17) is 4.42 Å². The van der Waals surface area contributed by atoms with Crippen molar-refractivity contribution in [1.82, 2.24) is 20.3 Å². The minimum atomic E-state index is -0.728. The average molecular weight is 313 g/mol. The molecule has 0 unspecified atom stereocenters. The van der Waals surface area contributed by atoms with Crippen molar-refractivity contribution in [3.05, 3.63) is 41.4 Å². The molecule has 116 valence electrons. The Hall–Kier alpha value is -3.54. The lowest BCUT2D eigenvalue weighted by Crippen LogP contribution is -2.44. The topological polar surface area (TPSA) is 120 Å². The number of rotatable bonds is 3. The highest BCUT2D eigenvalue weighted by Crippen LogP contribution is 2.25. The van der Waals surface area contributed by atoms with Gasteiger partial charge in [-0.15, -0.1) is 0 Å². The van der Waals surface area contributed by atoms with Crippen LogP contribution in [0.15, 0.2) is 28.9 Å². The second-order valence-electron chi connectivity index (χ2n) is 4.80. The third-order valence-corrected chi connectivity index (χ3v) is 3.27. The number of carbonyl (C=O) groups is 3. The molecule has 9 nitrogen and oxygen atoms in total. The molecule has 1 aliphatic heterocycles. The second-order valence-corrected chi connectivity index (χ2v) is 4.80. The summed E-state index contributed by atoms with van der Waals surface area (Å²) in [5, 5.41) is 12.2. The standard InChI is InChI=1S/C14H11N5O4/c1-8-11(12(21)17-19-7-10(20)16-14(19)22)9(6-15)13(23-8)18-4-2-3-5-18/h2-5H,7H2,1H3,(H,17,21)(H,16,20,22). The van der Waals surface area contributed by atoms with Crippen LogP contribution >= 0.6 is 0 Å². The van der Waals surface area contributed by atoms with Gasteiger partial charge in [0.2, 0.25) is 11.8 Å². The highest BCUT2D eigenvalue weighted by Gasteiger charge is 2.31. The molecule has 0 aromatic carbocycles. The van der Waals surface area contributed by atoms with Crippen molar-refractivity contribution in [1.29, 1.82) is 5.26 Å². The fraction of sp³-hybridized carbons (Fsp3) is 0.143. The van der Waals surface area contributed by atoms with Gasteiger partial charge in [-0.3, -0.25) is 24.9 Å². The molecule has 1 aliphatic rings. The first-order valence-electron chi connectivity index (χ1n) is 6.60. The molecule has 4 amide bonds. The highest BCUT2D eigenvalue weighted by molar-refractivity contribution is 6.04. The van der Waals surface area contributed by atoms with Crippen molar-refractivity contribution in [3.63, 3.8) is 0 Å². The minimum absolute atomic E-state index is 0.0170. The van der Waals surface area contributed by atoms with Crippen LogP contribution in [-0.4, -0.2) is 34.0 Å². The average Bonchev–Trinajstić information content (AvgIpc) is 3.18. The summed E-state index contributed by atoms with van der Waals surface area (Å²) in [7, 11) is 0. The van der Waals surface area contributed by atoms with Gasteiger partial charge >= 0.3 is 6.03 Å². The lowest BCUT2D eigenvalue weighted by Gasteiger charge is -2.14. The summed E-state index contributed by atoms with van der Waals surface area (Å²) in [6.07, 6.45) is 3.35. The maximum atomic E-state index is 12.4. The first-order valence-corrected chi connectivity index (χ1v) is 6.60. The predicted octanol–water partition coefficient (Wildman–Crippen LogP) is 0.447. The van der Waals surface area contributed by atoms with Crippen molar-refractivity contribution < 1.29 is 18.8 Å². The summed E-state index contributed by atoms with van der Waals surface area (Å²) in [5.74, 6) is -0.783. The predicted molar refractivity (Wildman–Crippen MR) is 75.2 cm³/mol. The van der Waals surface area contributed by atoms with E-state index in [1.165, 1.54) is 6.92 Å². The normalized spacial score (nSPS) is 13.8. The van der Waals surface area contributed by atoms with E-state index in [0.717, 1.165) is 5.01 Å². The van der Waals surface area contributed by atoms with Crippen LogP contribution in [0.3, 0.4) is 0 Å². The Morgan fingerprint density at radius 3 is 2.65 bits per heavy atom. The van der Waals surface area contributed by atoms with E-state index in [2.05, 4.69) is 5.43 Å². The molecule has 2 N–H and O–H groups in total. The lowest BCUT2D eigenvalue weighted by molar-refractivity contribution is -0.118. The number of carbonyl (C=O) groups excluding carboxylic acids is 3. The Morgan fingerprint density at radius 1 is 1.39 bits per heavy atom. The number of nitriles is 1. The van der Waals surface area contributed by atoms with Gasteiger partial charge in [-0.05, 0) is 19.1 Å². The van der Waals surface area contributed by atoms with E-state index in [-0.39, 0.29) is 29.3 Å². The summed E-state index contributed by atoms with van der Waals surface area (Å²) >= 11 is 0. The molecule has 1 fully saturated rings. The number of nitrogens with zero attached hydrogens (tertiary/aromatic N) is 3. The maximum absolute atomic E-state index is 12.4. The number of amides is 4. The van der Waals surface area contributed by atoms with Gasteiger partial charge in [0.15, 0.2) is 0 Å². The third-order valence-electron chi connectivity index (χ3n) is 3.27. The zero-order valence-electron chi connectivity index (χ0n) is 12.0. The van der Waals surface area contributed by atoms with Gasteiger partial charge in [-0.25, -0.2) is 9.80 Å². The van der Waals surface area contributed by atoms with Crippen molar-refractivity contribution >= 4 is 17.8 Å². The van der Waals surface area contributed by atoms with Crippen LogP contribution in [0, 0.1) is 18.3 Å². The summed E-state index contributed by atoms with van der Waals surface area (Å²) < 4.78 is 7.07. The Morgan fingerprint density at radius 2 is 2.09 bits per heavy atom. The smallest absolute Gasteiger partial charge is 0.343 e. The van der Waals surface area contributed by atoms with Gasteiger partial charge in [0.1, 0.15) is 29.5 Å². The summed E-state index contributed by atoms with van der Waals surface area (Å²) in [5.41, 5.74) is 2.35. The molecule has 0 saturated carbocycles. The van der Waals surface area contributed by atoms with E-state index in [9.17, 15) is 19.6 Å². The number of hydrogen-bond acceptors (Lipinski definition) is 5. The fourth-order valence-corrected chi connectivity index (χ4v) is 2.27. The molecule has 0 bridgehead atoms. The minimum Gasteiger partial charge on any atom is -0.443 e. The van der Waals surface area contributed by atoms with E-state index >= 15 is 0 Å². The zero-order valence-corrected chi connectivity index (χ0v) is 12.0. The number of hydrogen-bond donors (Lipinski definition) is 2. The number of aryl methyl sites for hydroxylation is 1. The first kappa shape index (κ1) is 14.4. The molecule has 0 radical (unpaired) electrons.